The van der Waals surface area contributed by atoms with Crippen molar-refractivity contribution in [1.29, 1.82) is 0 Å². The third kappa shape index (κ3) is 4.04. The Labute approximate surface area is 106 Å². The molecule has 9 heteroatoms. The Morgan fingerprint density at radius 1 is 1.18 bits per heavy atom. The molecule has 0 radical (unpaired) electrons. The molecule has 0 spiro atoms. The lowest BCUT2D eigenvalue weighted by Crippen LogP contribution is -2.34. The van der Waals surface area contributed by atoms with Crippen LogP contribution in [0.25, 0.3) is 0 Å². The van der Waals surface area contributed by atoms with E-state index in [1.165, 1.54) is 6.07 Å². The largest absolute Gasteiger partial charge is 0.480 e. The van der Waals surface area contributed by atoms with E-state index < -0.39 is 25.0 Å². The van der Waals surface area contributed by atoms with Crippen LogP contribution in [-0.4, -0.2) is 45.4 Å². The van der Waals surface area contributed by atoms with Crippen LogP contribution in [0, 0.1) is 0 Å². The van der Waals surface area contributed by atoms with Crippen LogP contribution >= 0.6 is 23.2 Å². The maximum atomic E-state index is 10.6. The summed E-state index contributed by atoms with van der Waals surface area (Å²) in [6.45, 7) is -1.07. The highest BCUT2D eigenvalue weighted by atomic mass is 35.5. The Morgan fingerprint density at radius 2 is 1.71 bits per heavy atom. The zero-order valence-corrected chi connectivity index (χ0v) is 9.81. The molecule has 0 aliphatic heterocycles. The van der Waals surface area contributed by atoms with E-state index >= 15 is 0 Å². The highest BCUT2D eigenvalue weighted by Gasteiger charge is 2.18. The van der Waals surface area contributed by atoms with Gasteiger partial charge in [-0.1, -0.05) is 23.2 Å². The normalized spacial score (nSPS) is 10.0. The van der Waals surface area contributed by atoms with Gasteiger partial charge in [-0.2, -0.15) is 0 Å². The Bertz CT molecular complexity index is 438. The summed E-state index contributed by atoms with van der Waals surface area (Å²) in [4.78, 5) is 22.2. The fraction of sp³-hybridized carbons (Fsp3) is 0.250. The van der Waals surface area contributed by atoms with Crippen LogP contribution in [0.2, 0.25) is 10.3 Å². The van der Waals surface area contributed by atoms with Gasteiger partial charge in [0.05, 0.1) is 5.69 Å². The van der Waals surface area contributed by atoms with Crippen molar-refractivity contribution in [3.63, 3.8) is 0 Å². The van der Waals surface area contributed by atoms with Gasteiger partial charge in [-0.15, -0.1) is 10.2 Å². The second kappa shape index (κ2) is 5.65. The smallest absolute Gasteiger partial charge is 0.323 e. The van der Waals surface area contributed by atoms with Gasteiger partial charge in [0.15, 0.2) is 10.3 Å². The average Bonchev–Trinajstić information content (AvgIpc) is 2.19. The fourth-order valence-corrected chi connectivity index (χ4v) is 1.47. The topological polar surface area (TPSA) is 104 Å². The van der Waals surface area contributed by atoms with E-state index in [0.717, 1.165) is 4.90 Å². The Hall–Kier alpha value is -1.60. The second-order valence-electron chi connectivity index (χ2n) is 2.99. The number of hydrogen-bond donors (Lipinski definition) is 2. The number of aliphatic carboxylic acids is 2. The van der Waals surface area contributed by atoms with Gasteiger partial charge >= 0.3 is 11.9 Å². The van der Waals surface area contributed by atoms with Crippen molar-refractivity contribution in [2.45, 2.75) is 0 Å². The number of carbonyl (C=O) groups is 2. The van der Waals surface area contributed by atoms with Crippen molar-refractivity contribution >= 4 is 40.8 Å². The molecule has 1 heterocycles. The van der Waals surface area contributed by atoms with Gasteiger partial charge in [0.25, 0.3) is 0 Å². The summed E-state index contributed by atoms with van der Waals surface area (Å²) in [6, 6.07) is 1.25. The summed E-state index contributed by atoms with van der Waals surface area (Å²) in [5, 5.41) is 24.1. The molecule has 17 heavy (non-hydrogen) atoms. The fourth-order valence-electron chi connectivity index (χ4n) is 1.12. The predicted octanol–water partition coefficient (Wildman–Crippen LogP) is 0.759. The van der Waals surface area contributed by atoms with Crippen molar-refractivity contribution in [1.82, 2.24) is 10.2 Å². The summed E-state index contributed by atoms with van der Waals surface area (Å²) in [5.74, 6) is -2.40. The van der Waals surface area contributed by atoms with Crippen molar-refractivity contribution in [3.8, 4) is 0 Å². The summed E-state index contributed by atoms with van der Waals surface area (Å²) in [5.41, 5.74) is 0.108. The van der Waals surface area contributed by atoms with Gasteiger partial charge in [0, 0.05) is 6.07 Å². The van der Waals surface area contributed by atoms with Gasteiger partial charge in [0.1, 0.15) is 13.1 Å². The molecule has 0 unspecified atom stereocenters. The minimum Gasteiger partial charge on any atom is -0.480 e. The molecule has 0 aliphatic rings. The Morgan fingerprint density at radius 3 is 2.18 bits per heavy atom. The van der Waals surface area contributed by atoms with Gasteiger partial charge in [-0.3, -0.25) is 9.59 Å². The third-order valence-electron chi connectivity index (χ3n) is 1.69. The molecular weight excluding hydrogens is 273 g/mol. The Kier molecular flexibility index (Phi) is 4.47. The lowest BCUT2D eigenvalue weighted by molar-refractivity contribution is -0.136. The number of aromatic nitrogens is 2. The van der Waals surface area contributed by atoms with Crippen LogP contribution in [-0.2, 0) is 9.59 Å². The molecule has 0 bridgehead atoms. The van der Waals surface area contributed by atoms with Crippen LogP contribution in [0.1, 0.15) is 0 Å². The average molecular weight is 280 g/mol. The summed E-state index contributed by atoms with van der Waals surface area (Å²) in [6.07, 6.45) is 0. The zero-order valence-electron chi connectivity index (χ0n) is 8.30. The van der Waals surface area contributed by atoms with E-state index in [9.17, 15) is 9.59 Å². The number of rotatable bonds is 5. The molecule has 0 saturated heterocycles. The number of hydrogen-bond acceptors (Lipinski definition) is 5. The monoisotopic (exact) mass is 279 g/mol. The maximum absolute atomic E-state index is 10.6. The van der Waals surface area contributed by atoms with E-state index in [4.69, 9.17) is 33.4 Å². The number of nitrogens with zero attached hydrogens (tertiary/aromatic N) is 3. The van der Waals surface area contributed by atoms with E-state index in [-0.39, 0.29) is 16.0 Å². The second-order valence-corrected chi connectivity index (χ2v) is 3.73. The lowest BCUT2D eigenvalue weighted by Gasteiger charge is -2.20. The van der Waals surface area contributed by atoms with Crippen LogP contribution in [0.15, 0.2) is 6.07 Å². The van der Waals surface area contributed by atoms with Gasteiger partial charge in [-0.25, -0.2) is 0 Å². The Balaban J connectivity index is 3.06. The molecule has 0 fully saturated rings. The van der Waals surface area contributed by atoms with E-state index in [0.29, 0.717) is 0 Å². The molecule has 0 saturated carbocycles. The lowest BCUT2D eigenvalue weighted by atomic mass is 10.3. The SMILES string of the molecule is O=C(O)CN(CC(=O)O)c1cc(Cl)nnc1Cl. The maximum Gasteiger partial charge on any atom is 0.323 e. The molecule has 92 valence electrons. The van der Waals surface area contributed by atoms with E-state index in [1.54, 1.807) is 0 Å². The predicted molar refractivity (Wildman–Crippen MR) is 59.5 cm³/mol. The first-order valence-electron chi connectivity index (χ1n) is 4.27. The molecule has 7 nitrogen and oxygen atoms in total. The number of halogens is 2. The van der Waals surface area contributed by atoms with Gasteiger partial charge in [0.2, 0.25) is 0 Å². The number of carboxylic acid groups (broad SMARTS) is 2. The number of carboxylic acids is 2. The van der Waals surface area contributed by atoms with Crippen LogP contribution in [0.5, 0.6) is 0 Å². The molecule has 1 rings (SSSR count). The first-order chi connectivity index (χ1) is 7.90. The molecule has 1 aromatic heterocycles. The van der Waals surface area contributed by atoms with Gasteiger partial charge < -0.3 is 15.1 Å². The highest BCUT2D eigenvalue weighted by Crippen LogP contribution is 2.24. The molecule has 2 N–H and O–H groups in total. The molecule has 0 amide bonds. The molecule has 1 aromatic rings. The third-order valence-corrected chi connectivity index (χ3v) is 2.15. The van der Waals surface area contributed by atoms with E-state index in [2.05, 4.69) is 10.2 Å². The zero-order chi connectivity index (χ0) is 13.0. The first-order valence-corrected chi connectivity index (χ1v) is 5.03. The first kappa shape index (κ1) is 13.5. The van der Waals surface area contributed by atoms with E-state index in [1.807, 2.05) is 0 Å². The van der Waals surface area contributed by atoms with Crippen molar-refractivity contribution in [2.75, 3.05) is 18.0 Å². The minimum atomic E-state index is -1.20. The molecule has 0 atom stereocenters. The van der Waals surface area contributed by atoms with Crippen LogP contribution in [0.4, 0.5) is 5.69 Å². The summed E-state index contributed by atoms with van der Waals surface area (Å²) in [7, 11) is 0. The standard InChI is InChI=1S/C8H7Cl2N3O4/c9-5-1-4(8(10)12-11-5)13(2-6(14)15)3-7(16)17/h1H,2-3H2,(H,14,15)(H,16,17). The van der Waals surface area contributed by atoms with Crippen LogP contribution in [0.3, 0.4) is 0 Å². The quantitative estimate of drug-likeness (QED) is 0.820. The number of anilines is 1. The highest BCUT2D eigenvalue weighted by molar-refractivity contribution is 6.33. The summed E-state index contributed by atoms with van der Waals surface area (Å²) >= 11 is 11.3. The molecule has 0 aliphatic carbocycles. The molecular formula is C8H7Cl2N3O4. The summed E-state index contributed by atoms with van der Waals surface area (Å²) < 4.78 is 0. The van der Waals surface area contributed by atoms with Crippen LogP contribution < -0.4 is 4.90 Å². The molecule has 0 aromatic carbocycles. The van der Waals surface area contributed by atoms with Crippen molar-refractivity contribution < 1.29 is 19.8 Å². The van der Waals surface area contributed by atoms with Crippen molar-refractivity contribution in [3.05, 3.63) is 16.4 Å². The van der Waals surface area contributed by atoms with Crippen molar-refractivity contribution in [2.24, 2.45) is 0 Å². The van der Waals surface area contributed by atoms with Gasteiger partial charge in [-0.05, 0) is 0 Å². The minimum absolute atomic E-state index is 0.00909.